The molecule has 0 heterocycles. The van der Waals surface area contributed by atoms with Crippen molar-refractivity contribution in [2.24, 2.45) is 0 Å². The highest BCUT2D eigenvalue weighted by Gasteiger charge is 2.22. The van der Waals surface area contributed by atoms with Gasteiger partial charge in [-0.3, -0.25) is 0 Å². The van der Waals surface area contributed by atoms with E-state index < -0.39 is 36.1 Å². The number of rotatable bonds is 31. The van der Waals surface area contributed by atoms with Gasteiger partial charge in [0.1, 0.15) is 13.2 Å². The molecule has 10 heteroatoms. The summed E-state index contributed by atoms with van der Waals surface area (Å²) < 4.78 is 21.1. The Morgan fingerprint density at radius 1 is 0.373 bits per heavy atom. The lowest BCUT2D eigenvalue weighted by molar-refractivity contribution is -0.154. The highest BCUT2D eigenvalue weighted by atomic mass is 32.2. The molecule has 75 heavy (non-hydrogen) atoms. The van der Waals surface area contributed by atoms with Gasteiger partial charge in [0.25, 0.3) is 0 Å². The number of carbonyl (C=O) groups is 4. The molecule has 0 bridgehead atoms. The molecule has 398 valence electrons. The third kappa shape index (κ3) is 23.1. The van der Waals surface area contributed by atoms with Crippen LogP contribution in [0.4, 0.5) is 0 Å². The van der Waals surface area contributed by atoms with Gasteiger partial charge >= 0.3 is 23.9 Å². The molecule has 0 aromatic heterocycles. The van der Waals surface area contributed by atoms with Crippen molar-refractivity contribution in [3.63, 3.8) is 0 Å². The summed E-state index contributed by atoms with van der Waals surface area (Å²) in [7, 11) is 0. The molecule has 6 aromatic carbocycles. The molecule has 6 rings (SSSR count). The number of benzene rings is 6. The first kappa shape index (κ1) is 59.8. The van der Waals surface area contributed by atoms with E-state index in [2.05, 4.69) is 62.4 Å². The first-order chi connectivity index (χ1) is 36.6. The van der Waals surface area contributed by atoms with Crippen LogP contribution in [0, 0.1) is 0 Å². The van der Waals surface area contributed by atoms with Crippen molar-refractivity contribution in [3.8, 4) is 22.3 Å². The summed E-state index contributed by atoms with van der Waals surface area (Å²) in [5.41, 5.74) is 6.79. The lowest BCUT2D eigenvalue weighted by Gasteiger charge is -2.13. The normalized spacial score (nSPS) is 11.6. The minimum absolute atomic E-state index is 0.146. The molecule has 0 aliphatic heterocycles. The lowest BCUT2D eigenvalue weighted by atomic mass is 10.0. The molecule has 0 fully saturated rings. The molecule has 0 N–H and O–H groups in total. The Morgan fingerprint density at radius 3 is 0.987 bits per heavy atom. The molecule has 0 amide bonds. The second-order valence-electron chi connectivity index (χ2n) is 18.8. The zero-order valence-corrected chi connectivity index (χ0v) is 46.3. The standard InChI is InChI=1S/C33H40O4S.C32H38O4S/c1-3-4-5-6-7-8-9-13-24-38-31-22-20-29(21-23-31)28-16-18-30(19-17-28)33(35)37-26(2)32(34)36-25-27-14-11-10-12-15-27;1-3-4-5-6-7-8-12-23-37-30-21-19-28(20-22-30)27-15-17-29(18-16-27)32(34)36-25(2)31(33)35-24-26-13-10-9-11-14-26/h10-12,14-23,26H,3-9,13,24-25H2,1-2H3;9-11,13-22,25H,3-8,12,23-24H2,1-2H3/t26-;25-/m00/s1. The smallest absolute Gasteiger partial charge is 0.347 e. The van der Waals surface area contributed by atoms with Gasteiger partial charge in [-0.25, -0.2) is 19.2 Å². The molecule has 0 spiro atoms. The SMILES string of the molecule is CCCCCCCCCCSc1ccc(-c2ccc(C(=O)O[C@@H](C)C(=O)OCc3ccccc3)cc2)cc1.CCCCCCCCCSc1ccc(-c2ccc(C(=O)O[C@@H](C)C(=O)OCc3ccccc3)cc2)cc1. The first-order valence-corrected chi connectivity index (χ1v) is 29.1. The van der Waals surface area contributed by atoms with Crippen molar-refractivity contribution in [1.82, 2.24) is 0 Å². The van der Waals surface area contributed by atoms with E-state index in [0.717, 1.165) is 44.9 Å². The Bertz CT molecular complexity index is 2530. The molecular weight excluding hydrogens is 973 g/mol. The van der Waals surface area contributed by atoms with Crippen LogP contribution in [0.15, 0.2) is 168 Å². The minimum Gasteiger partial charge on any atom is -0.458 e. The first-order valence-electron chi connectivity index (χ1n) is 27.1. The van der Waals surface area contributed by atoms with Crippen LogP contribution in [0.25, 0.3) is 22.3 Å². The maximum atomic E-state index is 12.5. The number of thioether (sulfide) groups is 2. The molecule has 0 saturated carbocycles. The second kappa shape index (κ2) is 35.2. The fraction of sp³-hybridized carbons (Fsp3) is 0.385. The fourth-order valence-electron chi connectivity index (χ4n) is 8.01. The van der Waals surface area contributed by atoms with Crippen LogP contribution in [0.5, 0.6) is 0 Å². The van der Waals surface area contributed by atoms with Crippen molar-refractivity contribution < 1.29 is 38.1 Å². The minimum atomic E-state index is -0.985. The Balaban J connectivity index is 0.000000277. The van der Waals surface area contributed by atoms with E-state index in [9.17, 15) is 19.2 Å². The van der Waals surface area contributed by atoms with E-state index >= 15 is 0 Å². The van der Waals surface area contributed by atoms with Crippen LogP contribution in [0.3, 0.4) is 0 Å². The van der Waals surface area contributed by atoms with Crippen LogP contribution in [-0.2, 0) is 41.8 Å². The predicted molar refractivity (Wildman–Crippen MR) is 308 cm³/mol. The quantitative estimate of drug-likeness (QED) is 0.0181. The number of hydrogen-bond donors (Lipinski definition) is 0. The Hall–Kier alpha value is -6.10. The summed E-state index contributed by atoms with van der Waals surface area (Å²) in [4.78, 5) is 52.0. The third-order valence-corrected chi connectivity index (χ3v) is 14.8. The van der Waals surface area contributed by atoms with Crippen molar-refractivity contribution >= 4 is 47.4 Å². The molecule has 6 aromatic rings. The van der Waals surface area contributed by atoms with Crippen LogP contribution in [0.2, 0.25) is 0 Å². The van der Waals surface area contributed by atoms with E-state index in [1.165, 1.54) is 120 Å². The van der Waals surface area contributed by atoms with Crippen molar-refractivity contribution in [2.45, 2.75) is 159 Å². The molecule has 0 aliphatic carbocycles. The summed E-state index contributed by atoms with van der Waals surface area (Å²) in [6.45, 7) is 7.85. The van der Waals surface area contributed by atoms with Gasteiger partial charge in [-0.05, 0) is 120 Å². The van der Waals surface area contributed by atoms with Gasteiger partial charge in [0, 0.05) is 9.79 Å². The average molecular weight is 1050 g/mol. The van der Waals surface area contributed by atoms with E-state index in [-0.39, 0.29) is 13.2 Å². The van der Waals surface area contributed by atoms with Crippen molar-refractivity contribution in [1.29, 1.82) is 0 Å². The lowest BCUT2D eigenvalue weighted by Crippen LogP contribution is -2.26. The van der Waals surface area contributed by atoms with Crippen LogP contribution in [-0.4, -0.2) is 47.6 Å². The molecule has 0 unspecified atom stereocenters. The number of hydrogen-bond acceptors (Lipinski definition) is 10. The van der Waals surface area contributed by atoms with E-state index in [1.807, 2.05) is 108 Å². The van der Waals surface area contributed by atoms with Gasteiger partial charge in [-0.15, -0.1) is 23.5 Å². The molecule has 0 aliphatic rings. The summed E-state index contributed by atoms with van der Waals surface area (Å²) in [5, 5.41) is 0. The highest BCUT2D eigenvalue weighted by molar-refractivity contribution is 7.99. The Labute approximate surface area is 456 Å². The number of carbonyl (C=O) groups excluding carboxylic acids is 4. The van der Waals surface area contributed by atoms with Gasteiger partial charge in [-0.2, -0.15) is 0 Å². The number of unbranched alkanes of at least 4 members (excludes halogenated alkanes) is 13. The zero-order valence-electron chi connectivity index (χ0n) is 44.7. The van der Waals surface area contributed by atoms with Gasteiger partial charge in [0.15, 0.2) is 12.2 Å². The summed E-state index contributed by atoms with van der Waals surface area (Å²) in [6, 6.07) is 50.4. The summed E-state index contributed by atoms with van der Waals surface area (Å²) in [5.74, 6) is 0.0741. The summed E-state index contributed by atoms with van der Waals surface area (Å²) in [6.07, 6.45) is 18.1. The topological polar surface area (TPSA) is 105 Å². The molecule has 2 atom stereocenters. The predicted octanol–water partition coefficient (Wildman–Crippen LogP) is 17.4. The van der Waals surface area contributed by atoms with Crippen molar-refractivity contribution in [3.05, 3.63) is 180 Å². The largest absolute Gasteiger partial charge is 0.458 e. The Kier molecular flexibility index (Phi) is 28.1. The molecular formula is C65H78O8S2. The highest BCUT2D eigenvalue weighted by Crippen LogP contribution is 2.28. The zero-order chi connectivity index (χ0) is 53.3. The van der Waals surface area contributed by atoms with E-state index in [4.69, 9.17) is 18.9 Å². The van der Waals surface area contributed by atoms with E-state index in [0.29, 0.717) is 11.1 Å². The van der Waals surface area contributed by atoms with Gasteiger partial charge in [-0.1, -0.05) is 207 Å². The van der Waals surface area contributed by atoms with Gasteiger partial charge in [0.2, 0.25) is 0 Å². The average Bonchev–Trinajstić information content (AvgIpc) is 3.45. The third-order valence-electron chi connectivity index (χ3n) is 12.6. The van der Waals surface area contributed by atoms with E-state index in [1.54, 1.807) is 24.3 Å². The van der Waals surface area contributed by atoms with Gasteiger partial charge in [0.05, 0.1) is 11.1 Å². The van der Waals surface area contributed by atoms with Crippen LogP contribution in [0.1, 0.15) is 156 Å². The van der Waals surface area contributed by atoms with Crippen LogP contribution >= 0.6 is 23.5 Å². The molecule has 0 radical (unpaired) electrons. The summed E-state index contributed by atoms with van der Waals surface area (Å²) >= 11 is 3.82. The number of esters is 4. The maximum absolute atomic E-state index is 12.5. The van der Waals surface area contributed by atoms with Gasteiger partial charge < -0.3 is 18.9 Å². The molecule has 0 saturated heterocycles. The van der Waals surface area contributed by atoms with Crippen molar-refractivity contribution in [2.75, 3.05) is 11.5 Å². The second-order valence-corrected chi connectivity index (χ2v) is 21.1. The monoisotopic (exact) mass is 1050 g/mol. The molecule has 8 nitrogen and oxygen atoms in total. The fourth-order valence-corrected chi connectivity index (χ4v) is 9.83. The maximum Gasteiger partial charge on any atom is 0.347 e. The Morgan fingerprint density at radius 2 is 0.667 bits per heavy atom. The van der Waals surface area contributed by atoms with Crippen LogP contribution < -0.4 is 0 Å². The number of ether oxygens (including phenoxy) is 4.